The molecule has 0 saturated carbocycles. The molecule has 0 aliphatic carbocycles. The summed E-state index contributed by atoms with van der Waals surface area (Å²) in [5, 5.41) is 13.7. The molecule has 0 bridgehead atoms. The van der Waals surface area contributed by atoms with Crippen LogP contribution in [0.3, 0.4) is 0 Å². The zero-order chi connectivity index (χ0) is 35.9. The Kier molecular flexibility index (Phi) is 12.2. The molecule has 2 saturated heterocycles. The summed E-state index contributed by atoms with van der Waals surface area (Å²) in [5.74, 6) is -2.52. The summed E-state index contributed by atoms with van der Waals surface area (Å²) in [6.45, 7) is 7.93. The van der Waals surface area contributed by atoms with E-state index in [9.17, 15) is 36.3 Å². The number of aromatic nitrogens is 2. The van der Waals surface area contributed by atoms with Crippen molar-refractivity contribution in [1.29, 1.82) is 5.26 Å². The SMILES string of the molecule is C#N.CCN1C(=O)C(NC(=O)c2cccc(C(F)(F)F)c2)C(c2ccc(F)cc2)c2c(C=O)nn(C3CCOCC3)c21.CN1CCC(F)C1. The molecule has 3 atom stereocenters. The van der Waals surface area contributed by atoms with E-state index < -0.39 is 47.5 Å². The fourth-order valence-corrected chi connectivity index (χ4v) is 6.30. The topological polar surface area (TPSA) is 121 Å². The van der Waals surface area contributed by atoms with E-state index in [0.29, 0.717) is 61.9 Å². The number of nitriles is 1. The number of rotatable bonds is 6. The first kappa shape index (κ1) is 37.1. The van der Waals surface area contributed by atoms with Crippen molar-refractivity contribution in [2.45, 2.75) is 56.5 Å². The molecule has 3 aliphatic heterocycles. The summed E-state index contributed by atoms with van der Waals surface area (Å²) in [5.41, 5.74) is -0.439. The van der Waals surface area contributed by atoms with Gasteiger partial charge >= 0.3 is 6.18 Å². The number of carbonyl (C=O) groups is 3. The highest BCUT2D eigenvalue weighted by Crippen LogP contribution is 2.44. The molecule has 3 unspecified atom stereocenters. The lowest BCUT2D eigenvalue weighted by Gasteiger charge is -2.39. The van der Waals surface area contributed by atoms with Crippen molar-refractivity contribution < 1.29 is 41.1 Å². The lowest BCUT2D eigenvalue weighted by molar-refractivity contribution is -0.137. The predicted molar refractivity (Wildman–Crippen MR) is 169 cm³/mol. The predicted octanol–water partition coefficient (Wildman–Crippen LogP) is 5.30. The first-order chi connectivity index (χ1) is 23.4. The van der Waals surface area contributed by atoms with Gasteiger partial charge in [0.1, 0.15) is 29.5 Å². The molecular weight excluding hydrogens is 651 g/mol. The molecule has 10 nitrogen and oxygen atoms in total. The first-order valence-electron chi connectivity index (χ1n) is 15.7. The Bertz CT molecular complexity index is 1630. The molecule has 3 aromatic rings. The highest BCUT2D eigenvalue weighted by atomic mass is 19.4. The Labute approximate surface area is 280 Å². The van der Waals surface area contributed by atoms with Gasteiger partial charge in [-0.25, -0.2) is 18.7 Å². The summed E-state index contributed by atoms with van der Waals surface area (Å²) < 4.78 is 73.0. The van der Waals surface area contributed by atoms with Crippen LogP contribution >= 0.6 is 0 Å². The molecule has 0 radical (unpaired) electrons. The van der Waals surface area contributed by atoms with Gasteiger partial charge in [-0.1, -0.05) is 18.2 Å². The Morgan fingerprint density at radius 3 is 2.33 bits per heavy atom. The summed E-state index contributed by atoms with van der Waals surface area (Å²) in [7, 11) is 1.94. The van der Waals surface area contributed by atoms with Gasteiger partial charge in [0.25, 0.3) is 11.8 Å². The average molecular weight is 689 g/mol. The standard InChI is InChI=1S/C28H26F4N4O4.C5H10FN.CHN/c1-2-35-26-23(21(15-37)34-36(26)20-10-12-40-13-11-20)22(16-6-8-19(29)9-7-16)24(27(35)39)33-25(38)17-4-3-5-18(14-17)28(30,31)32;1-7-3-2-5(6)4-7;1-2/h3-9,14-15,20,22,24H,2,10-13H2,1H3,(H,33,38);5H,2-4H2,1H3;1H. The van der Waals surface area contributed by atoms with Crippen molar-refractivity contribution in [3.63, 3.8) is 0 Å². The molecule has 2 amide bonds. The van der Waals surface area contributed by atoms with Gasteiger partial charge in [-0.3, -0.25) is 19.3 Å². The molecule has 49 heavy (non-hydrogen) atoms. The third-order valence-electron chi connectivity index (χ3n) is 8.65. The lowest BCUT2D eigenvalue weighted by atomic mass is 9.81. The van der Waals surface area contributed by atoms with Gasteiger partial charge in [0.2, 0.25) is 0 Å². The third-order valence-corrected chi connectivity index (χ3v) is 8.65. The maximum atomic E-state index is 14.0. The average Bonchev–Trinajstić information content (AvgIpc) is 3.68. The summed E-state index contributed by atoms with van der Waals surface area (Å²) >= 11 is 0. The highest BCUT2D eigenvalue weighted by Gasteiger charge is 2.47. The number of ether oxygens (including phenoxy) is 1. The number of likely N-dealkylation sites (tertiary alicyclic amines) is 1. The van der Waals surface area contributed by atoms with Crippen molar-refractivity contribution in [3.05, 3.63) is 82.3 Å². The van der Waals surface area contributed by atoms with E-state index in [1.54, 1.807) is 11.6 Å². The summed E-state index contributed by atoms with van der Waals surface area (Å²) in [4.78, 5) is 43.0. The second-order valence-electron chi connectivity index (χ2n) is 11.8. The van der Waals surface area contributed by atoms with Gasteiger partial charge < -0.3 is 15.0 Å². The fraction of sp³-hybridized carbons (Fsp3) is 0.441. The van der Waals surface area contributed by atoms with Gasteiger partial charge in [-0.2, -0.15) is 18.3 Å². The van der Waals surface area contributed by atoms with Crippen molar-refractivity contribution in [1.82, 2.24) is 20.0 Å². The van der Waals surface area contributed by atoms with E-state index in [1.807, 2.05) is 11.9 Å². The third kappa shape index (κ3) is 8.31. The molecule has 6 rings (SSSR count). The molecule has 262 valence electrons. The minimum absolute atomic E-state index is 0.0556. The van der Waals surface area contributed by atoms with Gasteiger partial charge in [0.15, 0.2) is 6.29 Å². The zero-order valence-corrected chi connectivity index (χ0v) is 27.0. The van der Waals surface area contributed by atoms with Gasteiger partial charge in [0, 0.05) is 56.5 Å². The van der Waals surface area contributed by atoms with Crippen LogP contribution in [0, 0.1) is 17.7 Å². The summed E-state index contributed by atoms with van der Waals surface area (Å²) in [6, 6.07) is 7.69. The number of benzene rings is 2. The number of nitrogens with one attached hydrogen (secondary N) is 1. The highest BCUT2D eigenvalue weighted by molar-refractivity contribution is 6.06. The molecule has 1 aromatic heterocycles. The number of nitrogens with zero attached hydrogens (tertiary/aromatic N) is 5. The minimum Gasteiger partial charge on any atom is -0.381 e. The number of hydrogen-bond acceptors (Lipinski definition) is 7. The number of alkyl halides is 4. The van der Waals surface area contributed by atoms with E-state index in [-0.39, 0.29) is 23.8 Å². The van der Waals surface area contributed by atoms with Crippen LogP contribution in [0.25, 0.3) is 0 Å². The number of carbonyl (C=O) groups excluding carboxylic acids is 3. The zero-order valence-electron chi connectivity index (χ0n) is 27.0. The van der Waals surface area contributed by atoms with Crippen LogP contribution in [-0.2, 0) is 15.7 Å². The molecule has 3 aliphatic rings. The Morgan fingerprint density at radius 1 is 1.12 bits per heavy atom. The van der Waals surface area contributed by atoms with E-state index in [2.05, 4.69) is 17.0 Å². The van der Waals surface area contributed by atoms with E-state index >= 15 is 0 Å². The molecule has 2 fully saturated rings. The fourth-order valence-electron chi connectivity index (χ4n) is 6.30. The van der Waals surface area contributed by atoms with Gasteiger partial charge in [-0.05, 0) is 69.1 Å². The van der Waals surface area contributed by atoms with Crippen LogP contribution in [0.1, 0.15) is 75.7 Å². The summed E-state index contributed by atoms with van der Waals surface area (Å²) in [6.07, 6.45) is -2.70. The van der Waals surface area contributed by atoms with Gasteiger partial charge in [0.05, 0.1) is 11.6 Å². The van der Waals surface area contributed by atoms with Crippen LogP contribution in [0.5, 0.6) is 0 Å². The minimum atomic E-state index is -4.67. The largest absolute Gasteiger partial charge is 0.416 e. The van der Waals surface area contributed by atoms with Crippen molar-refractivity contribution in [2.24, 2.45) is 0 Å². The molecule has 15 heteroatoms. The molecule has 2 aromatic carbocycles. The quantitative estimate of drug-likeness (QED) is 0.276. The van der Waals surface area contributed by atoms with E-state index in [4.69, 9.17) is 10.00 Å². The number of fused-ring (bicyclic) bond motifs is 1. The normalized spacial score (nSPS) is 21.1. The van der Waals surface area contributed by atoms with Crippen LogP contribution in [0.2, 0.25) is 0 Å². The molecule has 4 heterocycles. The van der Waals surface area contributed by atoms with Crippen LogP contribution in [-0.4, -0.2) is 84.9 Å². The Hall–Kier alpha value is -4.68. The van der Waals surface area contributed by atoms with Crippen molar-refractivity contribution >= 4 is 23.9 Å². The molecular formula is C34H37F5N6O4. The Morgan fingerprint density at radius 2 is 1.80 bits per heavy atom. The number of halogens is 5. The van der Waals surface area contributed by atoms with Crippen LogP contribution < -0.4 is 10.2 Å². The number of likely N-dealkylation sites (N-methyl/N-ethyl adjacent to an activating group) is 1. The van der Waals surface area contributed by atoms with Crippen molar-refractivity contribution in [3.8, 4) is 6.57 Å². The molecule has 1 N–H and O–H groups in total. The van der Waals surface area contributed by atoms with E-state index in [1.165, 1.54) is 35.2 Å². The first-order valence-corrected chi connectivity index (χ1v) is 15.7. The number of aldehydes is 1. The second-order valence-corrected chi connectivity index (χ2v) is 11.8. The number of hydrogen-bond donors (Lipinski definition) is 1. The maximum absolute atomic E-state index is 14.0. The Balaban J connectivity index is 0.000000528. The van der Waals surface area contributed by atoms with Crippen LogP contribution in [0.4, 0.5) is 27.8 Å². The number of amides is 2. The monoisotopic (exact) mass is 688 g/mol. The second kappa shape index (κ2) is 16.1. The van der Waals surface area contributed by atoms with E-state index in [0.717, 1.165) is 25.1 Å². The van der Waals surface area contributed by atoms with Crippen LogP contribution in [0.15, 0.2) is 48.5 Å². The van der Waals surface area contributed by atoms with Gasteiger partial charge in [-0.15, -0.1) is 0 Å². The smallest absolute Gasteiger partial charge is 0.381 e. The molecule has 0 spiro atoms. The lowest BCUT2D eigenvalue weighted by Crippen LogP contribution is -2.55. The number of anilines is 1. The van der Waals surface area contributed by atoms with Crippen molar-refractivity contribution in [2.75, 3.05) is 44.8 Å². The maximum Gasteiger partial charge on any atom is 0.416 e.